The van der Waals surface area contributed by atoms with Crippen molar-refractivity contribution in [3.05, 3.63) is 95.0 Å². The lowest BCUT2D eigenvalue weighted by Crippen LogP contribution is -2.32. The highest BCUT2D eigenvalue weighted by Crippen LogP contribution is 2.24. The van der Waals surface area contributed by atoms with Crippen LogP contribution >= 0.6 is 11.6 Å². The molecule has 2 N–H and O–H groups in total. The van der Waals surface area contributed by atoms with Gasteiger partial charge in [-0.15, -0.1) is 0 Å². The van der Waals surface area contributed by atoms with Crippen molar-refractivity contribution in [2.45, 2.75) is 30.7 Å². The van der Waals surface area contributed by atoms with Crippen LogP contribution in [0, 0.1) is 0 Å². The SMILES string of the molecule is CC(CCc1ccccc1)NC(=O)c1ccc(S(=O)(=O)Nc2ccccc2Cl)cc1. The topological polar surface area (TPSA) is 75.3 Å². The average molecular weight is 443 g/mol. The Hall–Kier alpha value is -2.83. The highest BCUT2D eigenvalue weighted by Gasteiger charge is 2.17. The molecule has 0 radical (unpaired) electrons. The molecule has 0 aliphatic rings. The van der Waals surface area contributed by atoms with Gasteiger partial charge in [-0.2, -0.15) is 0 Å². The summed E-state index contributed by atoms with van der Waals surface area (Å²) in [5, 5.41) is 3.26. The summed E-state index contributed by atoms with van der Waals surface area (Å²) in [4.78, 5) is 12.5. The maximum absolute atomic E-state index is 12.6. The van der Waals surface area contributed by atoms with E-state index in [2.05, 4.69) is 22.2 Å². The van der Waals surface area contributed by atoms with Gasteiger partial charge in [-0.25, -0.2) is 8.42 Å². The second kappa shape index (κ2) is 9.78. The molecule has 3 aromatic carbocycles. The van der Waals surface area contributed by atoms with Crippen LogP contribution in [-0.4, -0.2) is 20.4 Å². The molecule has 30 heavy (non-hydrogen) atoms. The number of anilines is 1. The number of hydrogen-bond acceptors (Lipinski definition) is 3. The van der Waals surface area contributed by atoms with Gasteiger partial charge in [0.15, 0.2) is 0 Å². The minimum Gasteiger partial charge on any atom is -0.350 e. The number of aryl methyl sites for hydroxylation is 1. The summed E-state index contributed by atoms with van der Waals surface area (Å²) in [6, 6.07) is 22.5. The molecule has 0 heterocycles. The van der Waals surface area contributed by atoms with Crippen LogP contribution < -0.4 is 10.0 Å². The molecule has 5 nitrogen and oxygen atoms in total. The van der Waals surface area contributed by atoms with Crippen molar-refractivity contribution in [1.82, 2.24) is 5.32 Å². The third-order valence-corrected chi connectivity index (χ3v) is 6.34. The fourth-order valence-corrected chi connectivity index (χ4v) is 4.26. The third-order valence-electron chi connectivity index (χ3n) is 4.63. The molecule has 7 heteroatoms. The molecule has 0 spiro atoms. The number of rotatable bonds is 8. The highest BCUT2D eigenvalue weighted by atomic mass is 35.5. The number of nitrogens with one attached hydrogen (secondary N) is 2. The number of carbonyl (C=O) groups is 1. The summed E-state index contributed by atoms with van der Waals surface area (Å²) < 4.78 is 27.6. The number of benzene rings is 3. The Bertz CT molecular complexity index is 1100. The maximum Gasteiger partial charge on any atom is 0.261 e. The minimum absolute atomic E-state index is 0.0111. The van der Waals surface area contributed by atoms with Gasteiger partial charge in [-0.3, -0.25) is 9.52 Å². The van der Waals surface area contributed by atoms with Gasteiger partial charge in [-0.1, -0.05) is 54.1 Å². The summed E-state index contributed by atoms with van der Waals surface area (Å²) in [5.74, 6) is -0.237. The molecule has 1 atom stereocenters. The average Bonchev–Trinajstić information content (AvgIpc) is 2.74. The molecule has 0 aliphatic heterocycles. The van der Waals surface area contributed by atoms with E-state index in [-0.39, 0.29) is 16.8 Å². The van der Waals surface area contributed by atoms with E-state index < -0.39 is 10.0 Å². The number of amides is 1. The Morgan fingerprint density at radius 1 is 0.933 bits per heavy atom. The number of halogens is 1. The monoisotopic (exact) mass is 442 g/mol. The van der Waals surface area contributed by atoms with Crippen LogP contribution in [-0.2, 0) is 16.4 Å². The van der Waals surface area contributed by atoms with Crippen molar-refractivity contribution in [2.75, 3.05) is 4.72 Å². The number of para-hydroxylation sites is 1. The van der Waals surface area contributed by atoms with Crippen molar-refractivity contribution in [3.8, 4) is 0 Å². The predicted octanol–water partition coefficient (Wildman–Crippen LogP) is 4.89. The molecule has 0 aromatic heterocycles. The molecule has 1 unspecified atom stereocenters. The van der Waals surface area contributed by atoms with Crippen molar-refractivity contribution in [2.24, 2.45) is 0 Å². The number of carbonyl (C=O) groups excluding carboxylic acids is 1. The van der Waals surface area contributed by atoms with Crippen LogP contribution in [0.15, 0.2) is 83.8 Å². The first-order chi connectivity index (χ1) is 14.3. The van der Waals surface area contributed by atoms with Gasteiger partial charge in [0.05, 0.1) is 15.6 Å². The smallest absolute Gasteiger partial charge is 0.261 e. The zero-order valence-corrected chi connectivity index (χ0v) is 18.1. The summed E-state index contributed by atoms with van der Waals surface area (Å²) >= 11 is 6.02. The molecule has 0 bridgehead atoms. The van der Waals surface area contributed by atoms with E-state index in [0.29, 0.717) is 16.3 Å². The van der Waals surface area contributed by atoms with Gasteiger partial charge in [-0.05, 0) is 61.7 Å². The highest BCUT2D eigenvalue weighted by molar-refractivity contribution is 7.92. The lowest BCUT2D eigenvalue weighted by molar-refractivity contribution is 0.0938. The summed E-state index contributed by atoms with van der Waals surface area (Å²) in [5.41, 5.74) is 1.92. The van der Waals surface area contributed by atoms with Crippen LogP contribution in [0.1, 0.15) is 29.3 Å². The van der Waals surface area contributed by atoms with E-state index >= 15 is 0 Å². The zero-order chi connectivity index (χ0) is 21.6. The standard InChI is InChI=1S/C23H23ClN2O3S/c1-17(11-12-18-7-3-2-4-8-18)25-23(27)19-13-15-20(16-14-19)30(28,29)26-22-10-6-5-9-21(22)24/h2-10,13-17,26H,11-12H2,1H3,(H,25,27). The van der Waals surface area contributed by atoms with Gasteiger partial charge in [0.2, 0.25) is 0 Å². The molecule has 0 aliphatic carbocycles. The molecule has 0 saturated carbocycles. The van der Waals surface area contributed by atoms with Crippen molar-refractivity contribution >= 4 is 33.2 Å². The normalized spacial score (nSPS) is 12.2. The molecule has 3 aromatic rings. The number of sulfonamides is 1. The second-order valence-corrected chi connectivity index (χ2v) is 9.10. The van der Waals surface area contributed by atoms with Crippen LogP contribution in [0.25, 0.3) is 0 Å². The largest absolute Gasteiger partial charge is 0.350 e. The Labute approximate surface area is 182 Å². The van der Waals surface area contributed by atoms with Crippen LogP contribution in [0.5, 0.6) is 0 Å². The van der Waals surface area contributed by atoms with E-state index in [1.165, 1.54) is 29.8 Å². The molecule has 1 amide bonds. The molecule has 3 rings (SSSR count). The van der Waals surface area contributed by atoms with E-state index in [4.69, 9.17) is 11.6 Å². The fourth-order valence-electron chi connectivity index (χ4n) is 2.94. The Balaban J connectivity index is 1.60. The fraction of sp³-hybridized carbons (Fsp3) is 0.174. The first-order valence-corrected chi connectivity index (χ1v) is 11.4. The summed E-state index contributed by atoms with van der Waals surface area (Å²) in [6.07, 6.45) is 1.68. The van der Waals surface area contributed by atoms with Crippen molar-refractivity contribution < 1.29 is 13.2 Å². The molecular weight excluding hydrogens is 420 g/mol. The van der Waals surface area contributed by atoms with Gasteiger partial charge in [0, 0.05) is 11.6 Å². The Kier molecular flexibility index (Phi) is 7.13. The third kappa shape index (κ3) is 5.84. The van der Waals surface area contributed by atoms with E-state index in [1.54, 1.807) is 24.3 Å². The van der Waals surface area contributed by atoms with E-state index in [1.807, 2.05) is 25.1 Å². The summed E-state index contributed by atoms with van der Waals surface area (Å²) in [7, 11) is -3.81. The molecular formula is C23H23ClN2O3S. The Morgan fingerprint density at radius 2 is 1.57 bits per heavy atom. The first kappa shape index (κ1) is 21.9. The van der Waals surface area contributed by atoms with E-state index in [9.17, 15) is 13.2 Å². The first-order valence-electron chi connectivity index (χ1n) is 9.57. The lowest BCUT2D eigenvalue weighted by atomic mass is 10.1. The Morgan fingerprint density at radius 3 is 2.23 bits per heavy atom. The van der Waals surface area contributed by atoms with Gasteiger partial charge in [0.1, 0.15) is 0 Å². The second-order valence-electron chi connectivity index (χ2n) is 7.01. The minimum atomic E-state index is -3.81. The van der Waals surface area contributed by atoms with Crippen LogP contribution in [0.4, 0.5) is 5.69 Å². The summed E-state index contributed by atoms with van der Waals surface area (Å²) in [6.45, 7) is 1.95. The van der Waals surface area contributed by atoms with Crippen molar-refractivity contribution in [1.29, 1.82) is 0 Å². The molecule has 0 fully saturated rings. The zero-order valence-electron chi connectivity index (χ0n) is 16.5. The van der Waals surface area contributed by atoms with Crippen molar-refractivity contribution in [3.63, 3.8) is 0 Å². The quantitative estimate of drug-likeness (QED) is 0.521. The van der Waals surface area contributed by atoms with Crippen LogP contribution in [0.3, 0.4) is 0 Å². The maximum atomic E-state index is 12.6. The predicted molar refractivity (Wildman–Crippen MR) is 120 cm³/mol. The van der Waals surface area contributed by atoms with E-state index in [0.717, 1.165) is 12.8 Å². The molecule has 156 valence electrons. The van der Waals surface area contributed by atoms with Crippen LogP contribution in [0.2, 0.25) is 5.02 Å². The molecule has 0 saturated heterocycles. The van der Waals surface area contributed by atoms with Gasteiger partial charge < -0.3 is 5.32 Å². The van der Waals surface area contributed by atoms with Gasteiger partial charge >= 0.3 is 0 Å². The van der Waals surface area contributed by atoms with Gasteiger partial charge in [0.25, 0.3) is 15.9 Å². The number of hydrogen-bond donors (Lipinski definition) is 2. The lowest BCUT2D eigenvalue weighted by Gasteiger charge is -2.14.